The molecule has 0 atom stereocenters. The van der Waals surface area contributed by atoms with Crippen LogP contribution in [-0.4, -0.2) is 63.7 Å². The maximum atomic E-state index is 3.69. The molecule has 0 radical (unpaired) electrons. The molecule has 1 N–H and O–H groups in total. The van der Waals surface area contributed by atoms with Crippen molar-refractivity contribution in [2.75, 3.05) is 53.9 Å². The van der Waals surface area contributed by atoms with Crippen LogP contribution in [0, 0.1) is 11.3 Å². The quantitative estimate of drug-likeness (QED) is 0.656. The number of likely N-dealkylation sites (N-methyl/N-ethyl adjacent to an activating group) is 2. The second-order valence-electron chi connectivity index (χ2n) is 7.40. The zero-order valence-electron chi connectivity index (χ0n) is 14.5. The van der Waals surface area contributed by atoms with Gasteiger partial charge in [-0.3, -0.25) is 0 Å². The van der Waals surface area contributed by atoms with Gasteiger partial charge in [-0.05, 0) is 58.3 Å². The Hall–Kier alpha value is -0.120. The van der Waals surface area contributed by atoms with Gasteiger partial charge >= 0.3 is 0 Å². The average molecular weight is 284 g/mol. The van der Waals surface area contributed by atoms with E-state index in [4.69, 9.17) is 0 Å². The highest BCUT2D eigenvalue weighted by molar-refractivity contribution is 4.89. The van der Waals surface area contributed by atoms with Crippen molar-refractivity contribution >= 4 is 0 Å². The van der Waals surface area contributed by atoms with Gasteiger partial charge in [0, 0.05) is 26.2 Å². The Kier molecular flexibility index (Phi) is 8.08. The third kappa shape index (κ3) is 6.55. The summed E-state index contributed by atoms with van der Waals surface area (Å²) >= 11 is 0. The molecular weight excluding hydrogens is 246 g/mol. The first-order chi connectivity index (χ1) is 9.47. The molecule has 0 aromatic heterocycles. The SMILES string of the molecule is CCCNCC1(CN(C)CCN(C)C)CCC(C)CC1. The molecule has 3 heteroatoms. The zero-order valence-corrected chi connectivity index (χ0v) is 14.5. The Morgan fingerprint density at radius 2 is 1.75 bits per heavy atom. The van der Waals surface area contributed by atoms with E-state index in [-0.39, 0.29) is 0 Å². The summed E-state index contributed by atoms with van der Waals surface area (Å²) in [4.78, 5) is 4.82. The maximum Gasteiger partial charge on any atom is 0.0106 e. The van der Waals surface area contributed by atoms with Gasteiger partial charge in [0.15, 0.2) is 0 Å². The van der Waals surface area contributed by atoms with Gasteiger partial charge in [-0.2, -0.15) is 0 Å². The molecule has 0 bridgehead atoms. The van der Waals surface area contributed by atoms with E-state index in [0.29, 0.717) is 5.41 Å². The molecule has 0 aromatic carbocycles. The van der Waals surface area contributed by atoms with Crippen molar-refractivity contribution < 1.29 is 0 Å². The van der Waals surface area contributed by atoms with E-state index in [0.717, 1.165) is 12.5 Å². The summed E-state index contributed by atoms with van der Waals surface area (Å²) in [5.41, 5.74) is 0.517. The highest BCUT2D eigenvalue weighted by Crippen LogP contribution is 2.39. The van der Waals surface area contributed by atoms with Crippen LogP contribution < -0.4 is 5.32 Å². The number of hydrogen-bond acceptors (Lipinski definition) is 3. The monoisotopic (exact) mass is 283 g/mol. The summed E-state index contributed by atoms with van der Waals surface area (Å²) < 4.78 is 0. The van der Waals surface area contributed by atoms with Crippen molar-refractivity contribution in [3.8, 4) is 0 Å². The third-order valence-corrected chi connectivity index (χ3v) is 4.80. The lowest BCUT2D eigenvalue weighted by Gasteiger charge is -2.42. The van der Waals surface area contributed by atoms with Gasteiger partial charge in [0.1, 0.15) is 0 Å². The molecule has 0 heterocycles. The van der Waals surface area contributed by atoms with E-state index in [9.17, 15) is 0 Å². The van der Waals surface area contributed by atoms with Crippen LogP contribution in [0.4, 0.5) is 0 Å². The Balaban J connectivity index is 2.48. The molecular formula is C17H37N3. The van der Waals surface area contributed by atoms with Crippen molar-refractivity contribution in [2.45, 2.75) is 46.0 Å². The predicted molar refractivity (Wildman–Crippen MR) is 89.3 cm³/mol. The minimum Gasteiger partial charge on any atom is -0.316 e. The highest BCUT2D eigenvalue weighted by atomic mass is 15.2. The Labute approximate surface area is 127 Å². The molecule has 20 heavy (non-hydrogen) atoms. The summed E-state index contributed by atoms with van der Waals surface area (Å²) in [7, 11) is 6.62. The van der Waals surface area contributed by atoms with Gasteiger partial charge in [-0.25, -0.2) is 0 Å². The van der Waals surface area contributed by atoms with Crippen molar-refractivity contribution in [2.24, 2.45) is 11.3 Å². The van der Waals surface area contributed by atoms with Crippen LogP contribution in [-0.2, 0) is 0 Å². The van der Waals surface area contributed by atoms with Crippen LogP contribution in [0.5, 0.6) is 0 Å². The first-order valence-electron chi connectivity index (χ1n) is 8.51. The molecule has 3 nitrogen and oxygen atoms in total. The first kappa shape index (κ1) is 17.9. The number of nitrogens with one attached hydrogen (secondary N) is 1. The fourth-order valence-corrected chi connectivity index (χ4v) is 3.32. The minimum absolute atomic E-state index is 0.517. The fraction of sp³-hybridized carbons (Fsp3) is 1.00. The molecule has 1 fully saturated rings. The van der Waals surface area contributed by atoms with Gasteiger partial charge in [0.2, 0.25) is 0 Å². The highest BCUT2D eigenvalue weighted by Gasteiger charge is 2.34. The maximum absolute atomic E-state index is 3.69. The van der Waals surface area contributed by atoms with E-state index < -0.39 is 0 Å². The van der Waals surface area contributed by atoms with Crippen LogP contribution in [0.3, 0.4) is 0 Å². The van der Waals surface area contributed by atoms with Crippen molar-refractivity contribution in [1.82, 2.24) is 15.1 Å². The molecule has 0 aromatic rings. The lowest BCUT2D eigenvalue weighted by Crippen LogP contribution is -2.46. The molecule has 1 rings (SSSR count). The Morgan fingerprint density at radius 1 is 1.10 bits per heavy atom. The molecule has 0 aliphatic heterocycles. The lowest BCUT2D eigenvalue weighted by atomic mass is 9.70. The number of nitrogens with zero attached hydrogens (tertiary/aromatic N) is 2. The van der Waals surface area contributed by atoms with E-state index in [2.05, 4.69) is 50.1 Å². The minimum atomic E-state index is 0.517. The summed E-state index contributed by atoms with van der Waals surface area (Å²) in [6, 6.07) is 0. The number of rotatable bonds is 9. The van der Waals surface area contributed by atoms with Crippen molar-refractivity contribution in [1.29, 1.82) is 0 Å². The molecule has 0 spiro atoms. The van der Waals surface area contributed by atoms with Gasteiger partial charge in [0.25, 0.3) is 0 Å². The Bertz CT molecular complexity index is 245. The lowest BCUT2D eigenvalue weighted by molar-refractivity contribution is 0.0958. The van der Waals surface area contributed by atoms with E-state index >= 15 is 0 Å². The topological polar surface area (TPSA) is 18.5 Å². The largest absolute Gasteiger partial charge is 0.316 e. The summed E-state index contributed by atoms with van der Waals surface area (Å²) in [6.07, 6.45) is 6.86. The molecule has 1 aliphatic carbocycles. The molecule has 0 unspecified atom stereocenters. The van der Waals surface area contributed by atoms with Crippen LogP contribution >= 0.6 is 0 Å². The van der Waals surface area contributed by atoms with Crippen molar-refractivity contribution in [3.63, 3.8) is 0 Å². The van der Waals surface area contributed by atoms with Gasteiger partial charge in [-0.15, -0.1) is 0 Å². The smallest absolute Gasteiger partial charge is 0.0106 e. The van der Waals surface area contributed by atoms with E-state index in [1.165, 1.54) is 58.3 Å². The molecule has 0 saturated heterocycles. The third-order valence-electron chi connectivity index (χ3n) is 4.80. The van der Waals surface area contributed by atoms with Crippen LogP contribution in [0.2, 0.25) is 0 Å². The summed E-state index contributed by atoms with van der Waals surface area (Å²) in [6.45, 7) is 10.6. The van der Waals surface area contributed by atoms with Crippen LogP contribution in [0.15, 0.2) is 0 Å². The predicted octanol–water partition coefficient (Wildman–Crippen LogP) is 2.68. The standard InChI is InChI=1S/C17H37N3/c1-6-11-18-14-17(9-7-16(2)8-10-17)15-20(5)13-12-19(3)4/h16,18H,6-15H2,1-5H3. The second kappa shape index (κ2) is 9.01. The molecule has 120 valence electrons. The number of hydrogen-bond donors (Lipinski definition) is 1. The normalized spacial score (nSPS) is 27.4. The molecule has 0 amide bonds. The fourth-order valence-electron chi connectivity index (χ4n) is 3.32. The first-order valence-corrected chi connectivity index (χ1v) is 8.51. The zero-order chi connectivity index (χ0) is 15.0. The summed E-state index contributed by atoms with van der Waals surface area (Å²) in [5.74, 6) is 0.932. The van der Waals surface area contributed by atoms with Crippen LogP contribution in [0.1, 0.15) is 46.0 Å². The van der Waals surface area contributed by atoms with Crippen molar-refractivity contribution in [3.05, 3.63) is 0 Å². The Morgan fingerprint density at radius 3 is 2.30 bits per heavy atom. The molecule has 1 saturated carbocycles. The average Bonchev–Trinajstić information content (AvgIpc) is 2.40. The second-order valence-corrected chi connectivity index (χ2v) is 7.40. The summed E-state index contributed by atoms with van der Waals surface area (Å²) in [5, 5.41) is 3.69. The van der Waals surface area contributed by atoms with E-state index in [1.807, 2.05) is 0 Å². The van der Waals surface area contributed by atoms with Gasteiger partial charge < -0.3 is 15.1 Å². The van der Waals surface area contributed by atoms with Crippen LogP contribution in [0.25, 0.3) is 0 Å². The van der Waals surface area contributed by atoms with Gasteiger partial charge in [-0.1, -0.05) is 26.7 Å². The van der Waals surface area contributed by atoms with Gasteiger partial charge in [0.05, 0.1) is 0 Å². The van der Waals surface area contributed by atoms with E-state index in [1.54, 1.807) is 0 Å². The molecule has 1 aliphatic rings.